The van der Waals surface area contributed by atoms with Crippen LogP contribution in [0.25, 0.3) is 22.6 Å². The Morgan fingerprint density at radius 1 is 1.03 bits per heavy atom. The molecule has 1 amide bonds. The number of benzene rings is 3. The lowest BCUT2D eigenvalue weighted by Gasteiger charge is -2.11. The quantitative estimate of drug-likeness (QED) is 0.441. The number of anilines is 2. The predicted molar refractivity (Wildman–Crippen MR) is 121 cm³/mol. The zero-order valence-corrected chi connectivity index (χ0v) is 17.1. The molecule has 1 N–H and O–H groups in total. The standard InChI is InChI=1S/C23H21N3O2S/c1-26(2)19-11-8-17(9-12-19)22-25-20-14-18(10-13-21(20)28-22)24-23(27)29-15-16-6-4-3-5-7-16/h3-14H,15H2,1-2H3,(H,24,27). The van der Waals surface area contributed by atoms with Crippen LogP contribution in [0.2, 0.25) is 0 Å². The first-order valence-corrected chi connectivity index (χ1v) is 10.2. The minimum Gasteiger partial charge on any atom is -0.436 e. The summed E-state index contributed by atoms with van der Waals surface area (Å²) in [5.41, 5.74) is 5.24. The van der Waals surface area contributed by atoms with E-state index in [1.54, 1.807) is 0 Å². The minimum atomic E-state index is -0.101. The minimum absolute atomic E-state index is 0.101. The van der Waals surface area contributed by atoms with Gasteiger partial charge in [-0.1, -0.05) is 42.1 Å². The summed E-state index contributed by atoms with van der Waals surface area (Å²) in [6, 6.07) is 23.4. The molecular formula is C23H21N3O2S. The van der Waals surface area contributed by atoms with Crippen LogP contribution in [0.5, 0.6) is 0 Å². The maximum absolute atomic E-state index is 12.2. The van der Waals surface area contributed by atoms with Crippen LogP contribution in [0, 0.1) is 0 Å². The van der Waals surface area contributed by atoms with Crippen LogP contribution in [0.15, 0.2) is 77.2 Å². The number of oxazole rings is 1. The van der Waals surface area contributed by atoms with Gasteiger partial charge in [0.1, 0.15) is 5.52 Å². The molecule has 0 saturated carbocycles. The van der Waals surface area contributed by atoms with Crippen molar-refractivity contribution in [2.75, 3.05) is 24.3 Å². The van der Waals surface area contributed by atoms with Crippen LogP contribution in [0.4, 0.5) is 16.2 Å². The smallest absolute Gasteiger partial charge is 0.283 e. The second kappa shape index (κ2) is 8.41. The van der Waals surface area contributed by atoms with Crippen LogP contribution >= 0.6 is 11.8 Å². The second-order valence-corrected chi connectivity index (χ2v) is 7.78. The fraction of sp³-hybridized carbons (Fsp3) is 0.130. The van der Waals surface area contributed by atoms with Gasteiger partial charge in [0.05, 0.1) is 0 Å². The van der Waals surface area contributed by atoms with Crippen molar-refractivity contribution >= 4 is 39.5 Å². The van der Waals surface area contributed by atoms with Crippen molar-refractivity contribution in [1.82, 2.24) is 4.98 Å². The molecule has 0 aliphatic carbocycles. The largest absolute Gasteiger partial charge is 0.436 e. The number of aromatic nitrogens is 1. The number of carbonyl (C=O) groups excluding carboxylic acids is 1. The van der Waals surface area contributed by atoms with Crippen molar-refractivity contribution in [3.05, 3.63) is 78.4 Å². The van der Waals surface area contributed by atoms with Crippen molar-refractivity contribution < 1.29 is 9.21 Å². The Hall–Kier alpha value is -3.25. The number of carbonyl (C=O) groups is 1. The molecule has 1 aromatic heterocycles. The van der Waals surface area contributed by atoms with E-state index in [4.69, 9.17) is 4.42 Å². The number of hydrogen-bond donors (Lipinski definition) is 1. The highest BCUT2D eigenvalue weighted by atomic mass is 32.2. The van der Waals surface area contributed by atoms with Crippen LogP contribution in [0.3, 0.4) is 0 Å². The molecule has 1 heterocycles. The van der Waals surface area contributed by atoms with Gasteiger partial charge < -0.3 is 14.6 Å². The van der Waals surface area contributed by atoms with Crippen molar-refractivity contribution in [3.8, 4) is 11.5 Å². The monoisotopic (exact) mass is 403 g/mol. The highest BCUT2D eigenvalue weighted by Gasteiger charge is 2.11. The Labute approximate surface area is 173 Å². The molecule has 0 saturated heterocycles. The third-order valence-corrected chi connectivity index (χ3v) is 5.32. The number of thioether (sulfide) groups is 1. The molecule has 4 rings (SSSR count). The van der Waals surface area contributed by atoms with Gasteiger partial charge in [0.2, 0.25) is 5.89 Å². The average molecular weight is 404 g/mol. The molecule has 29 heavy (non-hydrogen) atoms. The second-order valence-electron chi connectivity index (χ2n) is 6.83. The zero-order chi connectivity index (χ0) is 20.2. The Bertz CT molecular complexity index is 1120. The molecule has 0 fully saturated rings. The van der Waals surface area contributed by atoms with E-state index in [0.717, 1.165) is 16.8 Å². The summed E-state index contributed by atoms with van der Waals surface area (Å²) < 4.78 is 5.88. The molecule has 6 heteroatoms. The van der Waals surface area contributed by atoms with Gasteiger partial charge in [-0.3, -0.25) is 4.79 Å². The summed E-state index contributed by atoms with van der Waals surface area (Å²) in [6.45, 7) is 0. The van der Waals surface area contributed by atoms with Gasteiger partial charge in [-0.15, -0.1) is 0 Å². The molecular weight excluding hydrogens is 382 g/mol. The number of hydrogen-bond acceptors (Lipinski definition) is 5. The molecule has 5 nitrogen and oxygen atoms in total. The number of amides is 1. The normalized spacial score (nSPS) is 10.8. The lowest BCUT2D eigenvalue weighted by molar-refractivity contribution is 0.269. The van der Waals surface area contributed by atoms with E-state index in [-0.39, 0.29) is 5.24 Å². The maximum atomic E-state index is 12.2. The molecule has 3 aromatic carbocycles. The Kier molecular flexibility index (Phi) is 5.53. The first-order chi connectivity index (χ1) is 14.1. The Balaban J connectivity index is 1.46. The summed E-state index contributed by atoms with van der Waals surface area (Å²) in [4.78, 5) is 18.9. The third kappa shape index (κ3) is 4.60. The van der Waals surface area contributed by atoms with E-state index in [2.05, 4.69) is 10.3 Å². The van der Waals surface area contributed by atoms with Gasteiger partial charge in [0.15, 0.2) is 5.58 Å². The topological polar surface area (TPSA) is 58.4 Å². The highest BCUT2D eigenvalue weighted by Crippen LogP contribution is 2.28. The molecule has 0 bridgehead atoms. The SMILES string of the molecule is CN(C)c1ccc(-c2nc3cc(NC(=O)SCc4ccccc4)ccc3o2)cc1. The summed E-state index contributed by atoms with van der Waals surface area (Å²) in [5.74, 6) is 1.19. The Morgan fingerprint density at radius 2 is 1.79 bits per heavy atom. The predicted octanol–water partition coefficient (Wildman–Crippen LogP) is 6.03. The number of nitrogens with one attached hydrogen (secondary N) is 1. The van der Waals surface area contributed by atoms with Gasteiger partial charge in [-0.05, 0) is 48.0 Å². The van der Waals surface area contributed by atoms with Crippen LogP contribution < -0.4 is 10.2 Å². The van der Waals surface area contributed by atoms with Gasteiger partial charge in [0.25, 0.3) is 5.24 Å². The summed E-state index contributed by atoms with van der Waals surface area (Å²) >= 11 is 1.24. The molecule has 0 radical (unpaired) electrons. The van der Waals surface area contributed by atoms with Crippen molar-refractivity contribution in [3.63, 3.8) is 0 Å². The fourth-order valence-corrected chi connectivity index (χ4v) is 3.59. The van der Waals surface area contributed by atoms with Crippen LogP contribution in [-0.2, 0) is 5.75 Å². The van der Waals surface area contributed by atoms with E-state index < -0.39 is 0 Å². The molecule has 0 atom stereocenters. The summed E-state index contributed by atoms with van der Waals surface area (Å²) in [6.07, 6.45) is 0. The fourth-order valence-electron chi connectivity index (χ4n) is 2.91. The molecule has 4 aromatic rings. The maximum Gasteiger partial charge on any atom is 0.283 e. The van der Waals surface area contributed by atoms with E-state index in [9.17, 15) is 4.79 Å². The van der Waals surface area contributed by atoms with Crippen molar-refractivity contribution in [2.24, 2.45) is 0 Å². The van der Waals surface area contributed by atoms with Gasteiger partial charge in [-0.2, -0.15) is 0 Å². The van der Waals surface area contributed by atoms with E-state index >= 15 is 0 Å². The molecule has 0 aliphatic rings. The van der Waals surface area contributed by atoms with Crippen molar-refractivity contribution in [2.45, 2.75) is 5.75 Å². The molecule has 146 valence electrons. The van der Waals surface area contributed by atoms with Crippen LogP contribution in [0.1, 0.15) is 5.56 Å². The van der Waals surface area contributed by atoms with Gasteiger partial charge in [0, 0.05) is 36.8 Å². The van der Waals surface area contributed by atoms with Crippen molar-refractivity contribution in [1.29, 1.82) is 0 Å². The van der Waals surface area contributed by atoms with Gasteiger partial charge >= 0.3 is 0 Å². The summed E-state index contributed by atoms with van der Waals surface area (Å²) in [7, 11) is 4.00. The molecule has 0 unspecified atom stereocenters. The zero-order valence-electron chi connectivity index (χ0n) is 16.3. The lowest BCUT2D eigenvalue weighted by atomic mass is 10.2. The highest BCUT2D eigenvalue weighted by molar-refractivity contribution is 8.13. The summed E-state index contributed by atoms with van der Waals surface area (Å²) in [5, 5.41) is 2.81. The Morgan fingerprint density at radius 3 is 2.52 bits per heavy atom. The van der Waals surface area contributed by atoms with Crippen LogP contribution in [-0.4, -0.2) is 24.3 Å². The van der Waals surface area contributed by atoms with E-state index in [1.165, 1.54) is 11.8 Å². The first-order valence-electron chi connectivity index (χ1n) is 9.24. The molecule has 0 aliphatic heterocycles. The number of nitrogens with zero attached hydrogens (tertiary/aromatic N) is 2. The number of rotatable bonds is 5. The number of fused-ring (bicyclic) bond motifs is 1. The van der Waals surface area contributed by atoms with E-state index in [0.29, 0.717) is 28.4 Å². The third-order valence-electron chi connectivity index (χ3n) is 4.48. The van der Waals surface area contributed by atoms with E-state index in [1.807, 2.05) is 91.8 Å². The van der Waals surface area contributed by atoms with Gasteiger partial charge in [-0.25, -0.2) is 4.98 Å². The lowest BCUT2D eigenvalue weighted by Crippen LogP contribution is -2.07. The first kappa shape index (κ1) is 19.1. The average Bonchev–Trinajstić information content (AvgIpc) is 3.16. The molecule has 0 spiro atoms.